The van der Waals surface area contributed by atoms with Gasteiger partial charge < -0.3 is 16.0 Å². The third kappa shape index (κ3) is 3.21. The molecule has 21 heavy (non-hydrogen) atoms. The van der Waals surface area contributed by atoms with Crippen molar-refractivity contribution in [3.05, 3.63) is 29.3 Å². The molecule has 6 heteroatoms. The Labute approximate surface area is 124 Å². The summed E-state index contributed by atoms with van der Waals surface area (Å²) in [6.07, 6.45) is 2.34. The van der Waals surface area contributed by atoms with E-state index in [1.165, 1.54) is 24.0 Å². The number of nitrogens with zero attached hydrogens (tertiary/aromatic N) is 4. The van der Waals surface area contributed by atoms with Crippen molar-refractivity contribution in [1.29, 1.82) is 0 Å². The Balaban J connectivity index is 1.87. The molecule has 2 aromatic rings. The Bertz CT molecular complexity index is 628. The van der Waals surface area contributed by atoms with Gasteiger partial charge >= 0.3 is 0 Å². The Morgan fingerprint density at radius 1 is 1.00 bits per heavy atom. The summed E-state index contributed by atoms with van der Waals surface area (Å²) in [6.45, 7) is 6.09. The highest BCUT2D eigenvalue weighted by atomic mass is 15.3. The molecule has 0 amide bonds. The molecule has 0 bridgehead atoms. The molecule has 3 N–H and O–H groups in total. The van der Waals surface area contributed by atoms with Crippen LogP contribution < -0.4 is 16.0 Å². The van der Waals surface area contributed by atoms with Crippen molar-refractivity contribution >= 4 is 23.5 Å². The average Bonchev–Trinajstić information content (AvgIpc) is 2.90. The number of anilines is 4. The minimum atomic E-state index is 0.249. The van der Waals surface area contributed by atoms with E-state index in [0.717, 1.165) is 18.8 Å². The Kier molecular flexibility index (Phi) is 3.60. The third-order valence-corrected chi connectivity index (χ3v) is 3.51. The van der Waals surface area contributed by atoms with Gasteiger partial charge in [-0.1, -0.05) is 6.07 Å². The second-order valence-electron chi connectivity index (χ2n) is 5.51. The molecule has 1 fully saturated rings. The van der Waals surface area contributed by atoms with Crippen LogP contribution in [0.5, 0.6) is 0 Å². The highest BCUT2D eigenvalue weighted by molar-refractivity contribution is 5.57. The van der Waals surface area contributed by atoms with Crippen LogP contribution in [0.15, 0.2) is 18.2 Å². The van der Waals surface area contributed by atoms with E-state index >= 15 is 0 Å². The van der Waals surface area contributed by atoms with Gasteiger partial charge in [0.15, 0.2) is 0 Å². The van der Waals surface area contributed by atoms with Crippen LogP contribution in [0.2, 0.25) is 0 Å². The molecule has 1 aliphatic rings. The van der Waals surface area contributed by atoms with Gasteiger partial charge in [-0.15, -0.1) is 0 Å². The SMILES string of the molecule is Cc1cc(C)cc(Nc2nc(N)nc(N3CCCC3)n2)c1. The first-order valence-corrected chi connectivity index (χ1v) is 7.22. The highest BCUT2D eigenvalue weighted by Crippen LogP contribution is 2.21. The van der Waals surface area contributed by atoms with E-state index < -0.39 is 0 Å². The normalized spacial score (nSPS) is 14.5. The van der Waals surface area contributed by atoms with Gasteiger partial charge in [0.1, 0.15) is 0 Å². The van der Waals surface area contributed by atoms with E-state index in [1.807, 2.05) is 0 Å². The zero-order valence-corrected chi connectivity index (χ0v) is 12.4. The quantitative estimate of drug-likeness (QED) is 0.901. The lowest BCUT2D eigenvalue weighted by Crippen LogP contribution is -2.21. The summed E-state index contributed by atoms with van der Waals surface area (Å²) < 4.78 is 0. The molecule has 0 saturated carbocycles. The standard InChI is InChI=1S/C15H20N6/c1-10-7-11(2)9-12(8-10)17-14-18-13(16)19-15(20-14)21-5-3-4-6-21/h7-9H,3-6H2,1-2H3,(H3,16,17,18,19,20). The van der Waals surface area contributed by atoms with Crippen LogP contribution >= 0.6 is 0 Å². The minimum absolute atomic E-state index is 0.249. The van der Waals surface area contributed by atoms with Crippen LogP contribution in [0, 0.1) is 13.8 Å². The van der Waals surface area contributed by atoms with Crippen LogP contribution in [0.4, 0.5) is 23.5 Å². The van der Waals surface area contributed by atoms with Gasteiger partial charge in [0.05, 0.1) is 0 Å². The molecule has 0 aliphatic carbocycles. The van der Waals surface area contributed by atoms with Crippen LogP contribution in [0.3, 0.4) is 0 Å². The van der Waals surface area contributed by atoms with Crippen molar-refractivity contribution in [1.82, 2.24) is 15.0 Å². The molecule has 3 rings (SSSR count). The van der Waals surface area contributed by atoms with E-state index in [1.54, 1.807) is 0 Å². The lowest BCUT2D eigenvalue weighted by Gasteiger charge is -2.16. The van der Waals surface area contributed by atoms with Gasteiger partial charge in [0.25, 0.3) is 0 Å². The molecule has 6 nitrogen and oxygen atoms in total. The molecule has 0 unspecified atom stereocenters. The van der Waals surface area contributed by atoms with Gasteiger partial charge in [-0.05, 0) is 49.9 Å². The number of aromatic nitrogens is 3. The zero-order valence-electron chi connectivity index (χ0n) is 12.4. The summed E-state index contributed by atoms with van der Waals surface area (Å²) in [5.41, 5.74) is 9.16. The predicted molar refractivity (Wildman–Crippen MR) is 84.9 cm³/mol. The summed E-state index contributed by atoms with van der Waals surface area (Å²) in [5.74, 6) is 1.40. The summed E-state index contributed by atoms with van der Waals surface area (Å²) in [4.78, 5) is 15.0. The number of aryl methyl sites for hydroxylation is 2. The number of hydrogen-bond acceptors (Lipinski definition) is 6. The van der Waals surface area contributed by atoms with Crippen molar-refractivity contribution in [3.8, 4) is 0 Å². The summed E-state index contributed by atoms with van der Waals surface area (Å²) in [7, 11) is 0. The number of hydrogen-bond donors (Lipinski definition) is 2. The number of nitrogen functional groups attached to an aromatic ring is 1. The number of rotatable bonds is 3. The largest absolute Gasteiger partial charge is 0.368 e. The Morgan fingerprint density at radius 2 is 1.67 bits per heavy atom. The Morgan fingerprint density at radius 3 is 2.33 bits per heavy atom. The lowest BCUT2D eigenvalue weighted by atomic mass is 10.1. The fraction of sp³-hybridized carbons (Fsp3) is 0.400. The summed E-state index contributed by atoms with van der Waals surface area (Å²) >= 11 is 0. The molecule has 0 radical (unpaired) electrons. The first-order chi connectivity index (χ1) is 10.1. The van der Waals surface area contributed by atoms with Crippen molar-refractivity contribution in [3.63, 3.8) is 0 Å². The van der Waals surface area contributed by atoms with E-state index in [2.05, 4.69) is 57.2 Å². The topological polar surface area (TPSA) is 80.0 Å². The molecule has 0 atom stereocenters. The van der Waals surface area contributed by atoms with Crippen molar-refractivity contribution in [2.75, 3.05) is 29.0 Å². The van der Waals surface area contributed by atoms with Gasteiger partial charge in [-0.25, -0.2) is 0 Å². The number of benzene rings is 1. The fourth-order valence-corrected chi connectivity index (χ4v) is 2.67. The van der Waals surface area contributed by atoms with Crippen molar-refractivity contribution in [2.24, 2.45) is 0 Å². The maximum absolute atomic E-state index is 5.81. The number of nitrogens with one attached hydrogen (secondary N) is 1. The second kappa shape index (κ2) is 5.55. The highest BCUT2D eigenvalue weighted by Gasteiger charge is 2.16. The molecule has 1 aromatic carbocycles. The van der Waals surface area contributed by atoms with E-state index in [-0.39, 0.29) is 5.95 Å². The maximum Gasteiger partial charge on any atom is 0.233 e. The van der Waals surface area contributed by atoms with Crippen LogP contribution in [-0.2, 0) is 0 Å². The van der Waals surface area contributed by atoms with E-state index in [0.29, 0.717) is 11.9 Å². The monoisotopic (exact) mass is 284 g/mol. The molecule has 110 valence electrons. The molecular weight excluding hydrogens is 264 g/mol. The summed E-state index contributed by atoms with van der Waals surface area (Å²) in [5, 5.41) is 3.22. The second-order valence-corrected chi connectivity index (χ2v) is 5.51. The van der Waals surface area contributed by atoms with Crippen molar-refractivity contribution in [2.45, 2.75) is 26.7 Å². The third-order valence-electron chi connectivity index (χ3n) is 3.51. The predicted octanol–water partition coefficient (Wildman–Crippen LogP) is 2.41. The van der Waals surface area contributed by atoms with Gasteiger partial charge in [0, 0.05) is 18.8 Å². The minimum Gasteiger partial charge on any atom is -0.368 e. The maximum atomic E-state index is 5.81. The smallest absolute Gasteiger partial charge is 0.233 e. The van der Waals surface area contributed by atoms with Crippen LogP contribution in [0.1, 0.15) is 24.0 Å². The van der Waals surface area contributed by atoms with Gasteiger partial charge in [-0.3, -0.25) is 0 Å². The molecule has 0 spiro atoms. The zero-order chi connectivity index (χ0) is 14.8. The molecule has 1 aliphatic heterocycles. The summed E-state index contributed by atoms with van der Waals surface area (Å²) in [6, 6.07) is 6.24. The van der Waals surface area contributed by atoms with Crippen LogP contribution in [-0.4, -0.2) is 28.0 Å². The average molecular weight is 284 g/mol. The molecule has 1 saturated heterocycles. The van der Waals surface area contributed by atoms with Gasteiger partial charge in [0.2, 0.25) is 17.8 Å². The first kappa shape index (κ1) is 13.6. The van der Waals surface area contributed by atoms with Crippen LogP contribution in [0.25, 0.3) is 0 Å². The van der Waals surface area contributed by atoms with E-state index in [9.17, 15) is 0 Å². The Hall–Kier alpha value is -2.37. The fourth-order valence-electron chi connectivity index (χ4n) is 2.67. The molecule has 2 heterocycles. The molecular formula is C15H20N6. The number of nitrogens with two attached hydrogens (primary N) is 1. The van der Waals surface area contributed by atoms with Crippen molar-refractivity contribution < 1.29 is 0 Å². The van der Waals surface area contributed by atoms with E-state index in [4.69, 9.17) is 5.73 Å². The molecule has 1 aromatic heterocycles. The lowest BCUT2D eigenvalue weighted by molar-refractivity contribution is 0.887. The first-order valence-electron chi connectivity index (χ1n) is 7.22. The van der Waals surface area contributed by atoms with Gasteiger partial charge in [-0.2, -0.15) is 15.0 Å².